The number of sulfone groups is 1. The van der Waals surface area contributed by atoms with Gasteiger partial charge in [-0.3, -0.25) is 15.0 Å². The average Bonchev–Trinajstić information content (AvgIpc) is 2.89. The van der Waals surface area contributed by atoms with E-state index in [-0.39, 0.29) is 23.2 Å². The molecule has 0 N–H and O–H groups in total. The fraction of sp³-hybridized carbons (Fsp3) is 0.600. The Labute approximate surface area is 146 Å². The van der Waals surface area contributed by atoms with E-state index in [9.17, 15) is 18.5 Å². The van der Waals surface area contributed by atoms with Crippen molar-refractivity contribution in [1.29, 1.82) is 0 Å². The normalized spacial score (nSPS) is 24.2. The van der Waals surface area contributed by atoms with Gasteiger partial charge in [0.05, 0.1) is 27.1 Å². The summed E-state index contributed by atoms with van der Waals surface area (Å²) in [4.78, 5) is 14.9. The minimum atomic E-state index is -2.88. The summed E-state index contributed by atoms with van der Waals surface area (Å²) in [6.45, 7) is 4.71. The van der Waals surface area contributed by atoms with E-state index in [0.717, 1.165) is 31.9 Å². The van der Waals surface area contributed by atoms with Crippen LogP contribution in [-0.2, 0) is 9.84 Å². The highest BCUT2D eigenvalue weighted by molar-refractivity contribution is 7.91. The van der Waals surface area contributed by atoms with Gasteiger partial charge in [-0.2, -0.15) is 0 Å². The monoisotopic (exact) mass is 373 g/mol. The van der Waals surface area contributed by atoms with Crippen LogP contribution < -0.4 is 4.90 Å². The first kappa shape index (κ1) is 17.4. The van der Waals surface area contributed by atoms with Crippen molar-refractivity contribution >= 4 is 32.8 Å². The molecule has 0 saturated carbocycles. The lowest BCUT2D eigenvalue weighted by atomic mass is 10.1. The van der Waals surface area contributed by atoms with Crippen molar-refractivity contribution in [3.05, 3.63) is 32.8 Å². The molecule has 132 valence electrons. The molecule has 24 heavy (non-hydrogen) atoms. The molecule has 1 unspecified atom stereocenters. The van der Waals surface area contributed by atoms with Crippen LogP contribution in [0.1, 0.15) is 12.0 Å². The lowest BCUT2D eigenvalue weighted by Gasteiger charge is -2.39. The Kier molecular flexibility index (Phi) is 4.72. The van der Waals surface area contributed by atoms with Crippen LogP contribution in [-0.4, -0.2) is 62.0 Å². The van der Waals surface area contributed by atoms with Gasteiger partial charge in [0.15, 0.2) is 9.84 Å². The van der Waals surface area contributed by atoms with Gasteiger partial charge in [0.2, 0.25) is 0 Å². The summed E-state index contributed by atoms with van der Waals surface area (Å²) in [7, 11) is -2.88. The maximum absolute atomic E-state index is 11.6. The molecule has 0 radical (unpaired) electrons. The summed E-state index contributed by atoms with van der Waals surface area (Å²) in [6, 6.07) is 3.28. The number of rotatable bonds is 3. The van der Waals surface area contributed by atoms with Gasteiger partial charge < -0.3 is 4.90 Å². The third kappa shape index (κ3) is 3.50. The topological polar surface area (TPSA) is 83.8 Å². The molecule has 0 aliphatic carbocycles. The average molecular weight is 374 g/mol. The standard InChI is InChI=1S/C15H20ClN3O4S/c1-11-8-15(13(16)9-14(11)19(20)21)18-5-3-17(4-6-18)12-2-7-24(22,23)10-12/h8-9,12H,2-7,10H2,1H3. The second-order valence-electron chi connectivity index (χ2n) is 6.43. The zero-order valence-corrected chi connectivity index (χ0v) is 15.0. The predicted octanol–water partition coefficient (Wildman–Crippen LogP) is 1.87. The molecule has 9 heteroatoms. The Balaban J connectivity index is 1.69. The van der Waals surface area contributed by atoms with Crippen molar-refractivity contribution in [3.8, 4) is 0 Å². The molecule has 2 aliphatic rings. The minimum Gasteiger partial charge on any atom is -0.368 e. The summed E-state index contributed by atoms with van der Waals surface area (Å²) >= 11 is 6.24. The number of nitrogens with zero attached hydrogens (tertiary/aromatic N) is 3. The lowest BCUT2D eigenvalue weighted by Crippen LogP contribution is -2.50. The van der Waals surface area contributed by atoms with Gasteiger partial charge in [0.25, 0.3) is 5.69 Å². The number of piperazine rings is 1. The Morgan fingerprint density at radius 2 is 1.92 bits per heavy atom. The number of halogens is 1. The zero-order chi connectivity index (χ0) is 17.5. The number of benzene rings is 1. The van der Waals surface area contributed by atoms with Gasteiger partial charge in [-0.1, -0.05) is 11.6 Å². The van der Waals surface area contributed by atoms with E-state index in [0.29, 0.717) is 17.0 Å². The fourth-order valence-electron chi connectivity index (χ4n) is 3.49. The number of aryl methyl sites for hydroxylation is 1. The van der Waals surface area contributed by atoms with E-state index in [1.807, 2.05) is 0 Å². The van der Waals surface area contributed by atoms with Crippen LogP contribution in [0.2, 0.25) is 5.02 Å². The number of nitro benzene ring substituents is 1. The van der Waals surface area contributed by atoms with Crippen molar-refractivity contribution in [3.63, 3.8) is 0 Å². The highest BCUT2D eigenvalue weighted by Crippen LogP contribution is 2.33. The first-order valence-corrected chi connectivity index (χ1v) is 10.1. The van der Waals surface area contributed by atoms with E-state index < -0.39 is 14.8 Å². The number of hydrogen-bond acceptors (Lipinski definition) is 6. The van der Waals surface area contributed by atoms with Gasteiger partial charge in [0.1, 0.15) is 0 Å². The number of hydrogen-bond donors (Lipinski definition) is 0. The molecule has 2 fully saturated rings. The summed E-state index contributed by atoms with van der Waals surface area (Å²) in [5.41, 5.74) is 1.42. The van der Waals surface area contributed by atoms with Crippen LogP contribution in [0.3, 0.4) is 0 Å². The van der Waals surface area contributed by atoms with E-state index in [1.54, 1.807) is 13.0 Å². The van der Waals surface area contributed by atoms with Crippen LogP contribution in [0.4, 0.5) is 11.4 Å². The molecule has 7 nitrogen and oxygen atoms in total. The molecule has 2 heterocycles. The summed E-state index contributed by atoms with van der Waals surface area (Å²) in [5.74, 6) is 0.537. The number of anilines is 1. The molecule has 0 amide bonds. The van der Waals surface area contributed by atoms with Crippen LogP contribution in [0, 0.1) is 17.0 Å². The molecule has 3 rings (SSSR count). The summed E-state index contributed by atoms with van der Waals surface area (Å²) < 4.78 is 23.3. The van der Waals surface area contributed by atoms with Crippen molar-refractivity contribution in [2.75, 3.05) is 42.6 Å². The van der Waals surface area contributed by atoms with E-state index in [1.165, 1.54) is 6.07 Å². The molecule has 1 aromatic rings. The molecule has 1 aromatic carbocycles. The zero-order valence-electron chi connectivity index (χ0n) is 13.4. The van der Waals surface area contributed by atoms with Crippen molar-refractivity contribution in [2.24, 2.45) is 0 Å². The summed E-state index contributed by atoms with van der Waals surface area (Å²) in [5, 5.41) is 11.4. The molecule has 0 bridgehead atoms. The summed E-state index contributed by atoms with van der Waals surface area (Å²) in [6.07, 6.45) is 0.708. The first-order valence-electron chi connectivity index (χ1n) is 7.91. The Morgan fingerprint density at radius 1 is 1.25 bits per heavy atom. The highest BCUT2D eigenvalue weighted by atomic mass is 35.5. The Hall–Kier alpha value is -1.38. The van der Waals surface area contributed by atoms with Crippen molar-refractivity contribution in [2.45, 2.75) is 19.4 Å². The van der Waals surface area contributed by atoms with Crippen LogP contribution in [0.5, 0.6) is 0 Å². The van der Waals surface area contributed by atoms with E-state index >= 15 is 0 Å². The molecule has 2 saturated heterocycles. The second-order valence-corrected chi connectivity index (χ2v) is 9.06. The molecule has 2 aliphatic heterocycles. The van der Waals surface area contributed by atoms with Crippen LogP contribution in [0.25, 0.3) is 0 Å². The Morgan fingerprint density at radius 3 is 2.46 bits per heavy atom. The van der Waals surface area contributed by atoms with Gasteiger partial charge in [-0.25, -0.2) is 8.42 Å². The smallest absolute Gasteiger partial charge is 0.273 e. The fourth-order valence-corrected chi connectivity index (χ4v) is 5.53. The largest absolute Gasteiger partial charge is 0.368 e. The molecular weight excluding hydrogens is 354 g/mol. The van der Waals surface area contributed by atoms with Crippen LogP contribution >= 0.6 is 11.6 Å². The maximum Gasteiger partial charge on any atom is 0.273 e. The Bertz CT molecular complexity index is 760. The highest BCUT2D eigenvalue weighted by Gasteiger charge is 2.34. The van der Waals surface area contributed by atoms with Crippen LogP contribution in [0.15, 0.2) is 12.1 Å². The quantitative estimate of drug-likeness (QED) is 0.594. The molecule has 1 atom stereocenters. The molecule has 0 aromatic heterocycles. The maximum atomic E-state index is 11.6. The predicted molar refractivity (Wildman–Crippen MR) is 93.7 cm³/mol. The van der Waals surface area contributed by atoms with E-state index in [4.69, 9.17) is 11.6 Å². The van der Waals surface area contributed by atoms with Gasteiger partial charge >= 0.3 is 0 Å². The first-order chi connectivity index (χ1) is 11.3. The third-order valence-corrected chi connectivity index (χ3v) is 6.89. The third-order valence-electron chi connectivity index (χ3n) is 4.84. The van der Waals surface area contributed by atoms with Gasteiger partial charge in [-0.05, 0) is 19.4 Å². The van der Waals surface area contributed by atoms with Crippen molar-refractivity contribution in [1.82, 2.24) is 4.90 Å². The lowest BCUT2D eigenvalue weighted by molar-refractivity contribution is -0.385. The molecular formula is C15H20ClN3O4S. The van der Waals surface area contributed by atoms with Gasteiger partial charge in [0, 0.05) is 43.9 Å². The SMILES string of the molecule is Cc1cc(N2CCN(C3CCS(=O)(=O)C3)CC2)c(Cl)cc1[N+](=O)[O-]. The molecule has 0 spiro atoms. The van der Waals surface area contributed by atoms with Gasteiger partial charge in [-0.15, -0.1) is 0 Å². The second kappa shape index (κ2) is 6.50. The minimum absolute atomic E-state index is 0.0264. The van der Waals surface area contributed by atoms with E-state index in [2.05, 4.69) is 9.80 Å². The number of nitro groups is 1. The van der Waals surface area contributed by atoms with Crippen molar-refractivity contribution < 1.29 is 13.3 Å².